The molecular weight excluding hydrogens is 418 g/mol. The van der Waals surface area contributed by atoms with E-state index >= 15 is 0 Å². The molecular formula is C26H27N3O4. The first kappa shape index (κ1) is 21.3. The smallest absolute Gasteiger partial charge is 0.248 e. The Bertz CT molecular complexity index is 1310. The SMILES string of the molecule is COc1cc2c3c(c1)[C@]1(C(=O)N3C(C)(C)C=C2C)C(C#N)=C(N)OC2=C1C(=O)CC(C)(C)C2. The highest BCUT2D eigenvalue weighted by Crippen LogP contribution is 2.61. The van der Waals surface area contributed by atoms with Gasteiger partial charge in [-0.3, -0.25) is 9.59 Å². The van der Waals surface area contributed by atoms with Crippen LogP contribution in [0.15, 0.2) is 41.0 Å². The minimum atomic E-state index is -1.66. The summed E-state index contributed by atoms with van der Waals surface area (Å²) >= 11 is 0. The third kappa shape index (κ3) is 2.49. The van der Waals surface area contributed by atoms with E-state index in [1.54, 1.807) is 18.1 Å². The topological polar surface area (TPSA) is 106 Å². The van der Waals surface area contributed by atoms with Crippen LogP contribution in [0.4, 0.5) is 5.69 Å². The van der Waals surface area contributed by atoms with E-state index in [-0.39, 0.29) is 40.6 Å². The molecule has 1 spiro atoms. The van der Waals surface area contributed by atoms with Gasteiger partial charge in [0.1, 0.15) is 28.6 Å². The Labute approximate surface area is 193 Å². The first-order valence-electron chi connectivity index (χ1n) is 11.0. The van der Waals surface area contributed by atoms with E-state index in [0.717, 1.165) is 11.1 Å². The lowest BCUT2D eigenvalue weighted by atomic mass is 9.62. The van der Waals surface area contributed by atoms with Crippen LogP contribution in [0.2, 0.25) is 0 Å². The number of anilines is 1. The van der Waals surface area contributed by atoms with Gasteiger partial charge in [0.05, 0.1) is 23.9 Å². The molecule has 5 rings (SSSR count). The number of carbonyl (C=O) groups is 2. The van der Waals surface area contributed by atoms with Gasteiger partial charge in [-0.1, -0.05) is 19.9 Å². The molecule has 0 bridgehead atoms. The number of rotatable bonds is 1. The number of hydrogen-bond donors (Lipinski definition) is 1. The average Bonchev–Trinajstić information content (AvgIpc) is 2.94. The van der Waals surface area contributed by atoms with Gasteiger partial charge in [-0.05, 0) is 43.9 Å². The van der Waals surface area contributed by atoms with Gasteiger partial charge in [0.25, 0.3) is 0 Å². The van der Waals surface area contributed by atoms with Gasteiger partial charge in [0.15, 0.2) is 5.78 Å². The number of nitrogens with zero attached hydrogens (tertiary/aromatic N) is 2. The van der Waals surface area contributed by atoms with E-state index in [9.17, 15) is 14.9 Å². The van der Waals surface area contributed by atoms with Crippen LogP contribution in [0.3, 0.4) is 0 Å². The number of methoxy groups -OCH3 is 1. The van der Waals surface area contributed by atoms with Crippen molar-refractivity contribution in [1.82, 2.24) is 0 Å². The van der Waals surface area contributed by atoms with Crippen LogP contribution >= 0.6 is 0 Å². The third-order valence-electron chi connectivity index (χ3n) is 7.22. The maximum atomic E-state index is 14.5. The molecule has 4 aliphatic rings. The van der Waals surface area contributed by atoms with Gasteiger partial charge in [-0.15, -0.1) is 0 Å². The van der Waals surface area contributed by atoms with E-state index in [4.69, 9.17) is 15.2 Å². The largest absolute Gasteiger partial charge is 0.497 e. The molecule has 0 saturated heterocycles. The Morgan fingerprint density at radius 2 is 1.88 bits per heavy atom. The highest BCUT2D eigenvalue weighted by atomic mass is 16.5. The summed E-state index contributed by atoms with van der Waals surface area (Å²) in [6.45, 7) is 9.84. The number of carbonyl (C=O) groups excluding carboxylic acids is 2. The van der Waals surface area contributed by atoms with Crippen LogP contribution in [-0.4, -0.2) is 24.3 Å². The van der Waals surface area contributed by atoms with Crippen LogP contribution in [0, 0.1) is 16.7 Å². The minimum absolute atomic E-state index is 0.0439. The zero-order valence-corrected chi connectivity index (χ0v) is 19.8. The second-order valence-electron chi connectivity index (χ2n) is 10.6. The fourth-order valence-corrected chi connectivity index (χ4v) is 6.04. The fourth-order valence-electron chi connectivity index (χ4n) is 6.04. The van der Waals surface area contributed by atoms with Crippen LogP contribution in [0.25, 0.3) is 5.57 Å². The first-order chi connectivity index (χ1) is 15.4. The molecule has 1 atom stereocenters. The monoisotopic (exact) mass is 445 g/mol. The Balaban J connectivity index is 1.96. The quantitative estimate of drug-likeness (QED) is 0.704. The van der Waals surface area contributed by atoms with E-state index in [1.165, 1.54) is 0 Å². The van der Waals surface area contributed by atoms with Crippen molar-refractivity contribution >= 4 is 23.0 Å². The van der Waals surface area contributed by atoms with Crippen LogP contribution in [-0.2, 0) is 19.7 Å². The van der Waals surface area contributed by atoms with E-state index in [0.29, 0.717) is 29.2 Å². The number of allylic oxidation sites excluding steroid dienone is 2. The Kier molecular flexibility index (Phi) is 4.06. The predicted octanol–water partition coefficient (Wildman–Crippen LogP) is 3.84. The molecule has 7 heteroatoms. The highest BCUT2D eigenvalue weighted by molar-refractivity contribution is 6.22. The number of amides is 1. The molecule has 2 N–H and O–H groups in total. The summed E-state index contributed by atoms with van der Waals surface area (Å²) in [6.07, 6.45) is 2.71. The second-order valence-corrected chi connectivity index (χ2v) is 10.6. The molecule has 1 aliphatic carbocycles. The molecule has 0 radical (unpaired) electrons. The fraction of sp³-hybridized carbons (Fsp3) is 0.423. The molecule has 1 aromatic carbocycles. The van der Waals surface area contributed by atoms with Gasteiger partial charge in [-0.2, -0.15) is 5.26 Å². The molecule has 3 aliphatic heterocycles. The van der Waals surface area contributed by atoms with Gasteiger partial charge in [0.2, 0.25) is 11.8 Å². The maximum Gasteiger partial charge on any atom is 0.248 e. The van der Waals surface area contributed by atoms with Crippen LogP contribution < -0.4 is 15.4 Å². The van der Waals surface area contributed by atoms with Gasteiger partial charge >= 0.3 is 0 Å². The summed E-state index contributed by atoms with van der Waals surface area (Å²) < 4.78 is 11.5. The summed E-state index contributed by atoms with van der Waals surface area (Å²) in [7, 11) is 1.56. The number of fused-ring (bicyclic) bond motifs is 2. The predicted molar refractivity (Wildman–Crippen MR) is 123 cm³/mol. The number of nitriles is 1. The molecule has 1 aromatic rings. The van der Waals surface area contributed by atoms with Gasteiger partial charge in [-0.25, -0.2) is 0 Å². The normalized spacial score (nSPS) is 26.6. The molecule has 0 fully saturated rings. The molecule has 170 valence electrons. The second kappa shape index (κ2) is 6.28. The molecule has 1 amide bonds. The van der Waals surface area contributed by atoms with Crippen molar-refractivity contribution in [3.63, 3.8) is 0 Å². The Morgan fingerprint density at radius 1 is 1.18 bits per heavy atom. The molecule has 7 nitrogen and oxygen atoms in total. The van der Waals surface area contributed by atoms with Crippen LogP contribution in [0.5, 0.6) is 5.75 Å². The Hall–Kier alpha value is -3.53. The molecule has 33 heavy (non-hydrogen) atoms. The minimum Gasteiger partial charge on any atom is -0.497 e. The summed E-state index contributed by atoms with van der Waals surface area (Å²) in [5.74, 6) is 0.227. The zero-order valence-electron chi connectivity index (χ0n) is 19.8. The summed E-state index contributed by atoms with van der Waals surface area (Å²) in [4.78, 5) is 29.9. The summed E-state index contributed by atoms with van der Waals surface area (Å²) in [5.41, 5.74) is 6.85. The van der Waals surface area contributed by atoms with Crippen molar-refractivity contribution in [1.29, 1.82) is 5.26 Å². The summed E-state index contributed by atoms with van der Waals surface area (Å²) in [5, 5.41) is 10.2. The number of ether oxygens (including phenoxy) is 2. The summed E-state index contributed by atoms with van der Waals surface area (Å²) in [6, 6.07) is 5.78. The molecule has 0 unspecified atom stereocenters. The van der Waals surface area contributed by atoms with E-state index in [1.807, 2.05) is 46.8 Å². The average molecular weight is 446 g/mol. The van der Waals surface area contributed by atoms with Crippen molar-refractivity contribution in [2.24, 2.45) is 11.1 Å². The van der Waals surface area contributed by atoms with Crippen molar-refractivity contribution in [3.05, 3.63) is 52.1 Å². The molecule has 3 heterocycles. The van der Waals surface area contributed by atoms with E-state index in [2.05, 4.69) is 6.07 Å². The van der Waals surface area contributed by atoms with Crippen LogP contribution in [0.1, 0.15) is 58.6 Å². The van der Waals surface area contributed by atoms with Gasteiger partial charge < -0.3 is 20.1 Å². The molecule has 0 saturated carbocycles. The van der Waals surface area contributed by atoms with Crippen molar-refractivity contribution in [2.45, 2.75) is 58.4 Å². The highest BCUT2D eigenvalue weighted by Gasteiger charge is 2.65. The standard InChI is InChI=1S/C26H27N3O4/c1-13-9-25(4,5)29-21-15(13)7-14(32-6)8-16(21)26(23(29)31)17(12-27)22(28)33-19-11-24(2,3)10-18(30)20(19)26/h7-9H,10-11,28H2,1-6H3/t26-/m0/s1. The number of ketones is 1. The zero-order chi connectivity index (χ0) is 24.1. The Morgan fingerprint density at radius 3 is 2.52 bits per heavy atom. The van der Waals surface area contributed by atoms with Crippen molar-refractivity contribution in [2.75, 3.05) is 12.0 Å². The van der Waals surface area contributed by atoms with Crippen molar-refractivity contribution < 1.29 is 19.1 Å². The lowest BCUT2D eigenvalue weighted by molar-refractivity contribution is -0.126. The number of benzene rings is 1. The van der Waals surface area contributed by atoms with Crippen molar-refractivity contribution in [3.8, 4) is 11.8 Å². The van der Waals surface area contributed by atoms with E-state index < -0.39 is 11.0 Å². The number of Topliss-reactive ketones (excluding diaryl/α,β-unsaturated/α-hetero) is 1. The third-order valence-corrected chi connectivity index (χ3v) is 7.22. The first-order valence-corrected chi connectivity index (χ1v) is 11.0. The molecule has 0 aromatic heterocycles. The maximum absolute atomic E-state index is 14.5. The lowest BCUT2D eigenvalue weighted by Crippen LogP contribution is -2.55. The number of hydrogen-bond acceptors (Lipinski definition) is 6. The number of nitrogens with two attached hydrogens (primary N) is 1. The lowest BCUT2D eigenvalue weighted by Gasteiger charge is -2.43. The van der Waals surface area contributed by atoms with Gasteiger partial charge in [0, 0.05) is 24.0 Å².